The summed E-state index contributed by atoms with van der Waals surface area (Å²) in [6.07, 6.45) is 7.21. The van der Waals surface area contributed by atoms with Crippen LogP contribution in [0, 0.1) is 6.92 Å². The van der Waals surface area contributed by atoms with Crippen LogP contribution >= 0.6 is 0 Å². The van der Waals surface area contributed by atoms with Gasteiger partial charge in [-0.15, -0.1) is 0 Å². The molecule has 0 fully saturated rings. The second-order valence-corrected chi connectivity index (χ2v) is 6.26. The minimum atomic E-state index is -0.389. The molecule has 0 aliphatic carbocycles. The third-order valence-electron chi connectivity index (χ3n) is 4.56. The number of hydrogen-bond donors (Lipinski definition) is 0. The summed E-state index contributed by atoms with van der Waals surface area (Å²) >= 11 is 0. The van der Waals surface area contributed by atoms with E-state index in [4.69, 9.17) is 13.6 Å². The Morgan fingerprint density at radius 3 is 2.58 bits per heavy atom. The van der Waals surface area contributed by atoms with Crippen LogP contribution in [0.5, 0.6) is 5.75 Å². The second-order valence-electron chi connectivity index (χ2n) is 6.26. The van der Waals surface area contributed by atoms with Crippen LogP contribution in [-0.4, -0.2) is 7.11 Å². The van der Waals surface area contributed by atoms with E-state index in [0.29, 0.717) is 16.9 Å². The molecule has 128 valence electrons. The van der Waals surface area contributed by atoms with E-state index in [-0.39, 0.29) is 5.63 Å². The van der Waals surface area contributed by atoms with Crippen LogP contribution in [0.2, 0.25) is 0 Å². The zero-order valence-electron chi connectivity index (χ0n) is 14.6. The quantitative estimate of drug-likeness (QED) is 0.432. The summed E-state index contributed by atoms with van der Waals surface area (Å²) in [5.74, 6) is 1.41. The maximum Gasteiger partial charge on any atom is 0.336 e. The summed E-state index contributed by atoms with van der Waals surface area (Å²) in [4.78, 5) is 11.5. The summed E-state index contributed by atoms with van der Waals surface area (Å²) in [5, 5.41) is 1.91. The molecule has 3 aromatic rings. The van der Waals surface area contributed by atoms with Crippen molar-refractivity contribution in [1.82, 2.24) is 0 Å². The highest BCUT2D eigenvalue weighted by molar-refractivity contribution is 6.01. The van der Waals surface area contributed by atoms with Crippen molar-refractivity contribution < 1.29 is 13.6 Å². The Balaban J connectivity index is 2.03. The Labute approximate surface area is 141 Å². The van der Waals surface area contributed by atoms with Crippen LogP contribution in [0.1, 0.15) is 50.4 Å². The van der Waals surface area contributed by atoms with Crippen molar-refractivity contribution >= 4 is 21.9 Å². The number of methoxy groups -OCH3 is 1. The molecule has 0 bridgehead atoms. The monoisotopic (exact) mass is 328 g/mol. The van der Waals surface area contributed by atoms with Gasteiger partial charge in [0.05, 0.1) is 7.11 Å². The van der Waals surface area contributed by atoms with Crippen LogP contribution in [0.15, 0.2) is 31.8 Å². The minimum Gasteiger partial charge on any atom is -0.490 e. The molecule has 4 nitrogen and oxygen atoms in total. The van der Waals surface area contributed by atoms with E-state index in [9.17, 15) is 4.79 Å². The lowest BCUT2D eigenvalue weighted by molar-refractivity contribution is 0.401. The average Bonchev–Trinajstić information content (AvgIpc) is 2.88. The molecule has 0 atom stereocenters. The summed E-state index contributed by atoms with van der Waals surface area (Å²) in [6, 6.07) is 5.25. The Hall–Kier alpha value is -2.23. The van der Waals surface area contributed by atoms with Crippen molar-refractivity contribution in [3.8, 4) is 5.75 Å². The van der Waals surface area contributed by atoms with Gasteiger partial charge in [0.1, 0.15) is 5.76 Å². The lowest BCUT2D eigenvalue weighted by Gasteiger charge is -2.05. The molecule has 0 N–H and O–H groups in total. The van der Waals surface area contributed by atoms with E-state index < -0.39 is 0 Å². The lowest BCUT2D eigenvalue weighted by Crippen LogP contribution is -1.96. The van der Waals surface area contributed by atoms with E-state index >= 15 is 0 Å². The standard InChI is InChI=1S/C20H24O4/c1-4-5-6-7-8-9-15-13(2)23-19-16(15)12-14-10-11-17(21)24-18(14)20(19)22-3/h10-12H,4-9H2,1-3H3. The van der Waals surface area contributed by atoms with Gasteiger partial charge in [0.25, 0.3) is 0 Å². The molecule has 0 aliphatic rings. The summed E-state index contributed by atoms with van der Waals surface area (Å²) in [5.41, 5.74) is 1.95. The van der Waals surface area contributed by atoms with Crippen LogP contribution < -0.4 is 10.4 Å². The van der Waals surface area contributed by atoms with Crippen LogP contribution in [-0.2, 0) is 6.42 Å². The molecule has 3 rings (SSSR count). The number of aryl methyl sites for hydroxylation is 2. The van der Waals surface area contributed by atoms with E-state index in [1.165, 1.54) is 37.3 Å². The molecule has 24 heavy (non-hydrogen) atoms. The van der Waals surface area contributed by atoms with Gasteiger partial charge in [-0.2, -0.15) is 0 Å². The van der Waals surface area contributed by atoms with Crippen molar-refractivity contribution in [3.63, 3.8) is 0 Å². The highest BCUT2D eigenvalue weighted by atomic mass is 16.5. The lowest BCUT2D eigenvalue weighted by atomic mass is 10.0. The van der Waals surface area contributed by atoms with Crippen molar-refractivity contribution in [1.29, 1.82) is 0 Å². The van der Waals surface area contributed by atoms with Gasteiger partial charge in [-0.1, -0.05) is 32.6 Å². The van der Waals surface area contributed by atoms with Gasteiger partial charge >= 0.3 is 5.63 Å². The largest absolute Gasteiger partial charge is 0.490 e. The maximum atomic E-state index is 11.5. The molecule has 0 unspecified atom stereocenters. The highest BCUT2D eigenvalue weighted by Crippen LogP contribution is 2.38. The molecule has 2 aromatic heterocycles. The van der Waals surface area contributed by atoms with Gasteiger partial charge in [0.2, 0.25) is 5.75 Å². The Bertz CT molecular complexity index is 901. The molecule has 0 saturated carbocycles. The fourth-order valence-corrected chi connectivity index (χ4v) is 3.30. The summed E-state index contributed by atoms with van der Waals surface area (Å²) in [6.45, 7) is 4.21. The predicted octanol–water partition coefficient (Wildman–Crippen LogP) is 5.37. The molecule has 0 spiro atoms. The number of rotatable bonds is 7. The molecule has 0 radical (unpaired) electrons. The third-order valence-corrected chi connectivity index (χ3v) is 4.56. The fourth-order valence-electron chi connectivity index (χ4n) is 3.30. The van der Waals surface area contributed by atoms with Gasteiger partial charge in [-0.05, 0) is 31.9 Å². The third kappa shape index (κ3) is 3.05. The first-order chi connectivity index (χ1) is 11.7. The first-order valence-corrected chi connectivity index (χ1v) is 8.68. The van der Waals surface area contributed by atoms with Gasteiger partial charge < -0.3 is 13.6 Å². The molecule has 0 saturated heterocycles. The van der Waals surface area contributed by atoms with Crippen molar-refractivity contribution in [2.24, 2.45) is 0 Å². The van der Waals surface area contributed by atoms with Crippen LogP contribution in [0.25, 0.3) is 21.9 Å². The Morgan fingerprint density at radius 2 is 1.83 bits per heavy atom. The summed E-state index contributed by atoms with van der Waals surface area (Å²) < 4.78 is 16.8. The van der Waals surface area contributed by atoms with Crippen molar-refractivity contribution in [3.05, 3.63) is 39.9 Å². The minimum absolute atomic E-state index is 0.389. The van der Waals surface area contributed by atoms with E-state index in [2.05, 4.69) is 6.92 Å². The highest BCUT2D eigenvalue weighted by Gasteiger charge is 2.19. The maximum absolute atomic E-state index is 11.5. The van der Waals surface area contributed by atoms with Gasteiger partial charge in [-0.25, -0.2) is 4.79 Å². The molecule has 0 amide bonds. The predicted molar refractivity (Wildman–Crippen MR) is 96.0 cm³/mol. The SMILES string of the molecule is CCCCCCCc1c(C)oc2c(OC)c3oc(=O)ccc3cc12. The normalized spacial score (nSPS) is 11.5. The topological polar surface area (TPSA) is 52.6 Å². The van der Waals surface area contributed by atoms with Gasteiger partial charge in [0.15, 0.2) is 11.2 Å². The number of fused-ring (bicyclic) bond motifs is 2. The Morgan fingerprint density at radius 1 is 1.04 bits per heavy atom. The number of benzene rings is 1. The number of hydrogen-bond acceptors (Lipinski definition) is 4. The Kier molecular flexibility index (Phi) is 4.93. The van der Waals surface area contributed by atoms with Gasteiger partial charge in [0, 0.05) is 22.4 Å². The van der Waals surface area contributed by atoms with Crippen molar-refractivity contribution in [2.75, 3.05) is 7.11 Å². The van der Waals surface area contributed by atoms with Crippen LogP contribution in [0.3, 0.4) is 0 Å². The molecular formula is C20H24O4. The van der Waals surface area contributed by atoms with E-state index in [1.807, 2.05) is 13.0 Å². The van der Waals surface area contributed by atoms with E-state index in [1.54, 1.807) is 13.2 Å². The fraction of sp³-hybridized carbons (Fsp3) is 0.450. The zero-order chi connectivity index (χ0) is 17.1. The van der Waals surface area contributed by atoms with E-state index in [0.717, 1.165) is 29.4 Å². The van der Waals surface area contributed by atoms with Gasteiger partial charge in [-0.3, -0.25) is 0 Å². The molecule has 0 aliphatic heterocycles. The molecular weight excluding hydrogens is 304 g/mol. The number of ether oxygens (including phenoxy) is 1. The van der Waals surface area contributed by atoms with Crippen LogP contribution in [0.4, 0.5) is 0 Å². The first-order valence-electron chi connectivity index (χ1n) is 8.68. The number of furan rings is 1. The smallest absolute Gasteiger partial charge is 0.336 e. The molecule has 2 heterocycles. The van der Waals surface area contributed by atoms with Crippen molar-refractivity contribution in [2.45, 2.75) is 52.4 Å². The second kappa shape index (κ2) is 7.12. The average molecular weight is 328 g/mol. The zero-order valence-corrected chi connectivity index (χ0v) is 14.6. The molecule has 1 aromatic carbocycles. The summed E-state index contributed by atoms with van der Waals surface area (Å²) in [7, 11) is 1.57. The first kappa shape index (κ1) is 16.6. The molecule has 4 heteroatoms. The number of unbranched alkanes of at least 4 members (excludes halogenated alkanes) is 4.